The Bertz CT molecular complexity index is 487. The zero-order valence-electron chi connectivity index (χ0n) is 13.3. The van der Waals surface area contributed by atoms with Gasteiger partial charge in [-0.05, 0) is 37.4 Å². The van der Waals surface area contributed by atoms with Crippen LogP contribution in [0.25, 0.3) is 0 Å². The van der Waals surface area contributed by atoms with Crippen molar-refractivity contribution in [1.82, 2.24) is 10.2 Å². The lowest BCUT2D eigenvalue weighted by Crippen LogP contribution is -2.44. The van der Waals surface area contributed by atoms with Crippen LogP contribution in [0.15, 0.2) is 30.3 Å². The van der Waals surface area contributed by atoms with Crippen LogP contribution in [-0.2, 0) is 4.79 Å². The Labute approximate surface area is 137 Å². The number of benzene rings is 1. The molecule has 2 fully saturated rings. The molecule has 1 N–H and O–H groups in total. The van der Waals surface area contributed by atoms with Crippen molar-refractivity contribution >= 4 is 17.7 Å². The molecule has 2 heterocycles. The fourth-order valence-corrected chi connectivity index (χ4v) is 4.79. The topological polar surface area (TPSA) is 32.3 Å². The van der Waals surface area contributed by atoms with Gasteiger partial charge in [0.05, 0.1) is 6.04 Å². The monoisotopic (exact) mass is 318 g/mol. The molecule has 1 aromatic rings. The van der Waals surface area contributed by atoms with Gasteiger partial charge in [-0.2, -0.15) is 11.8 Å². The number of amides is 1. The summed E-state index contributed by atoms with van der Waals surface area (Å²) in [5.41, 5.74) is 1.28. The summed E-state index contributed by atoms with van der Waals surface area (Å²) in [7, 11) is 0. The largest absolute Gasteiger partial charge is 0.334 e. The van der Waals surface area contributed by atoms with E-state index in [1.165, 1.54) is 12.0 Å². The molecular formula is C18H26N2OS. The van der Waals surface area contributed by atoms with Crippen LogP contribution in [0, 0.1) is 5.92 Å². The molecule has 0 radical (unpaired) electrons. The number of rotatable bonds is 4. The molecule has 0 bridgehead atoms. The van der Waals surface area contributed by atoms with Gasteiger partial charge in [0.15, 0.2) is 0 Å². The Morgan fingerprint density at radius 2 is 2.18 bits per heavy atom. The van der Waals surface area contributed by atoms with Crippen LogP contribution in [-0.4, -0.2) is 41.4 Å². The molecule has 0 saturated carbocycles. The molecule has 120 valence electrons. The number of nitrogens with one attached hydrogen (secondary N) is 1. The highest BCUT2D eigenvalue weighted by Gasteiger charge is 2.33. The zero-order chi connectivity index (χ0) is 15.4. The minimum Gasteiger partial charge on any atom is -0.334 e. The van der Waals surface area contributed by atoms with E-state index in [9.17, 15) is 4.79 Å². The molecule has 22 heavy (non-hydrogen) atoms. The number of hydrogen-bond acceptors (Lipinski definition) is 3. The third-order valence-corrected chi connectivity index (χ3v) is 6.09. The summed E-state index contributed by atoms with van der Waals surface area (Å²) in [4.78, 5) is 14.9. The normalized spacial score (nSPS) is 28.8. The third-order valence-electron chi connectivity index (χ3n) is 4.88. The first-order valence-electron chi connectivity index (χ1n) is 8.42. The summed E-state index contributed by atoms with van der Waals surface area (Å²) >= 11 is 1.98. The summed E-state index contributed by atoms with van der Waals surface area (Å²) in [6, 6.07) is 10.8. The molecule has 2 aliphatic heterocycles. The Morgan fingerprint density at radius 3 is 2.91 bits per heavy atom. The standard InChI is InChI=1S/C18H26N2OS/c1-14-18(16-5-3-2-4-6-16)20(11-12-22-14)17(21)8-7-15-9-10-19-13-15/h2-6,14-15,18-19H,7-13H2,1H3. The van der Waals surface area contributed by atoms with Gasteiger partial charge in [-0.3, -0.25) is 4.79 Å². The summed E-state index contributed by atoms with van der Waals surface area (Å²) in [6.45, 7) is 5.34. The maximum absolute atomic E-state index is 12.8. The van der Waals surface area contributed by atoms with Gasteiger partial charge >= 0.3 is 0 Å². The molecule has 1 amide bonds. The van der Waals surface area contributed by atoms with Crippen LogP contribution in [0.5, 0.6) is 0 Å². The molecule has 0 aliphatic carbocycles. The van der Waals surface area contributed by atoms with Gasteiger partial charge in [0.1, 0.15) is 0 Å². The first-order chi connectivity index (χ1) is 10.8. The van der Waals surface area contributed by atoms with Crippen LogP contribution in [0.4, 0.5) is 0 Å². The SMILES string of the molecule is CC1SCCN(C(=O)CCC2CCNC2)C1c1ccccc1. The second-order valence-electron chi connectivity index (χ2n) is 6.42. The van der Waals surface area contributed by atoms with Crippen molar-refractivity contribution in [3.05, 3.63) is 35.9 Å². The van der Waals surface area contributed by atoms with E-state index in [-0.39, 0.29) is 6.04 Å². The van der Waals surface area contributed by atoms with Gasteiger partial charge in [0.25, 0.3) is 0 Å². The molecular weight excluding hydrogens is 292 g/mol. The molecule has 4 heteroatoms. The van der Waals surface area contributed by atoms with Crippen molar-refractivity contribution in [3.63, 3.8) is 0 Å². The highest BCUT2D eigenvalue weighted by Crippen LogP contribution is 2.36. The van der Waals surface area contributed by atoms with Gasteiger partial charge in [-0.1, -0.05) is 37.3 Å². The van der Waals surface area contributed by atoms with Gasteiger partial charge < -0.3 is 10.2 Å². The number of carbonyl (C=O) groups is 1. The highest BCUT2D eigenvalue weighted by atomic mass is 32.2. The summed E-state index contributed by atoms with van der Waals surface area (Å²) in [6.07, 6.45) is 2.96. The fourth-order valence-electron chi connectivity index (χ4n) is 3.63. The Balaban J connectivity index is 1.67. The lowest BCUT2D eigenvalue weighted by molar-refractivity contribution is -0.133. The van der Waals surface area contributed by atoms with Crippen LogP contribution >= 0.6 is 11.8 Å². The number of thioether (sulfide) groups is 1. The van der Waals surface area contributed by atoms with Crippen molar-refractivity contribution < 1.29 is 4.79 Å². The molecule has 0 spiro atoms. The second kappa shape index (κ2) is 7.51. The lowest BCUT2D eigenvalue weighted by atomic mass is 9.99. The lowest BCUT2D eigenvalue weighted by Gasteiger charge is -2.40. The molecule has 0 aromatic heterocycles. The van der Waals surface area contributed by atoms with Gasteiger partial charge in [0, 0.05) is 24.0 Å². The van der Waals surface area contributed by atoms with E-state index in [1.54, 1.807) is 0 Å². The number of hydrogen-bond donors (Lipinski definition) is 1. The Kier molecular flexibility index (Phi) is 5.42. The maximum atomic E-state index is 12.8. The van der Waals surface area contributed by atoms with E-state index in [0.29, 0.717) is 23.5 Å². The first kappa shape index (κ1) is 15.9. The number of carbonyl (C=O) groups excluding carboxylic acids is 1. The molecule has 2 saturated heterocycles. The van der Waals surface area contributed by atoms with Crippen molar-refractivity contribution in [2.75, 3.05) is 25.4 Å². The van der Waals surface area contributed by atoms with E-state index >= 15 is 0 Å². The average Bonchev–Trinajstić information content (AvgIpc) is 3.06. The van der Waals surface area contributed by atoms with Crippen molar-refractivity contribution in [1.29, 1.82) is 0 Å². The van der Waals surface area contributed by atoms with E-state index in [2.05, 4.69) is 41.4 Å². The maximum Gasteiger partial charge on any atom is 0.223 e. The highest BCUT2D eigenvalue weighted by molar-refractivity contribution is 8.00. The molecule has 1 aromatic carbocycles. The Hall–Kier alpha value is -1.00. The Morgan fingerprint density at radius 1 is 1.36 bits per heavy atom. The summed E-state index contributed by atoms with van der Waals surface area (Å²) in [5, 5.41) is 3.86. The predicted molar refractivity (Wildman–Crippen MR) is 93.0 cm³/mol. The minimum absolute atomic E-state index is 0.231. The van der Waals surface area contributed by atoms with Crippen molar-refractivity contribution in [2.45, 2.75) is 37.5 Å². The summed E-state index contributed by atoms with van der Waals surface area (Å²) < 4.78 is 0. The third kappa shape index (κ3) is 3.66. The van der Waals surface area contributed by atoms with Gasteiger partial charge in [-0.15, -0.1) is 0 Å². The zero-order valence-corrected chi connectivity index (χ0v) is 14.1. The van der Waals surface area contributed by atoms with Gasteiger partial charge in [0.2, 0.25) is 5.91 Å². The van der Waals surface area contributed by atoms with Crippen LogP contribution in [0.3, 0.4) is 0 Å². The van der Waals surface area contributed by atoms with Crippen LogP contribution in [0.2, 0.25) is 0 Å². The quantitative estimate of drug-likeness (QED) is 0.926. The van der Waals surface area contributed by atoms with Crippen molar-refractivity contribution in [2.24, 2.45) is 5.92 Å². The minimum atomic E-state index is 0.231. The molecule has 3 atom stereocenters. The average molecular weight is 318 g/mol. The van der Waals surface area contributed by atoms with E-state index in [4.69, 9.17) is 0 Å². The van der Waals surface area contributed by atoms with E-state index in [1.807, 2.05) is 17.8 Å². The van der Waals surface area contributed by atoms with Crippen molar-refractivity contribution in [3.8, 4) is 0 Å². The number of nitrogens with zero attached hydrogens (tertiary/aromatic N) is 1. The predicted octanol–water partition coefficient (Wildman–Crippen LogP) is 3.08. The van der Waals surface area contributed by atoms with Crippen LogP contribution in [0.1, 0.15) is 37.8 Å². The molecule has 3 rings (SSSR count). The van der Waals surface area contributed by atoms with E-state index < -0.39 is 0 Å². The fraction of sp³-hybridized carbons (Fsp3) is 0.611. The van der Waals surface area contributed by atoms with E-state index in [0.717, 1.165) is 31.8 Å². The van der Waals surface area contributed by atoms with Gasteiger partial charge in [-0.25, -0.2) is 0 Å². The molecule has 3 unspecified atom stereocenters. The second-order valence-corrected chi connectivity index (χ2v) is 7.90. The first-order valence-corrected chi connectivity index (χ1v) is 9.47. The molecule has 3 nitrogen and oxygen atoms in total. The summed E-state index contributed by atoms with van der Waals surface area (Å²) in [5.74, 6) is 2.09. The molecule has 2 aliphatic rings. The van der Waals surface area contributed by atoms with Crippen LogP contribution < -0.4 is 5.32 Å². The smallest absolute Gasteiger partial charge is 0.223 e.